The van der Waals surface area contributed by atoms with Crippen LogP contribution in [0.25, 0.3) is 0 Å². The van der Waals surface area contributed by atoms with Crippen molar-refractivity contribution in [1.29, 1.82) is 0 Å². The SMILES string of the molecule is CC(C)C(CC1CCCNC1)C(=O)O. The first-order chi connectivity index (χ1) is 6.61. The standard InChI is InChI=1S/C11H21NO2/c1-8(2)10(11(13)14)6-9-4-3-5-12-7-9/h8-10,12H,3-7H2,1-2H3,(H,13,14). The summed E-state index contributed by atoms with van der Waals surface area (Å²) in [5, 5.41) is 12.4. The molecular formula is C11H21NO2. The molecule has 0 aromatic carbocycles. The predicted octanol–water partition coefficient (Wildman–Crippen LogP) is 1.73. The third-order valence-corrected chi connectivity index (χ3v) is 3.11. The highest BCUT2D eigenvalue weighted by atomic mass is 16.4. The van der Waals surface area contributed by atoms with Crippen molar-refractivity contribution in [2.24, 2.45) is 17.8 Å². The Labute approximate surface area is 85.9 Å². The Balaban J connectivity index is 2.41. The van der Waals surface area contributed by atoms with E-state index in [1.54, 1.807) is 0 Å². The monoisotopic (exact) mass is 199 g/mol. The van der Waals surface area contributed by atoms with Gasteiger partial charge in [0.25, 0.3) is 0 Å². The second kappa shape index (κ2) is 5.35. The Bertz CT molecular complexity index is 186. The van der Waals surface area contributed by atoms with Crippen molar-refractivity contribution >= 4 is 5.97 Å². The molecule has 0 aromatic rings. The molecule has 2 unspecified atom stereocenters. The minimum atomic E-state index is -0.634. The van der Waals surface area contributed by atoms with Crippen LogP contribution in [0.4, 0.5) is 0 Å². The first-order valence-electron chi connectivity index (χ1n) is 5.54. The van der Waals surface area contributed by atoms with Gasteiger partial charge in [0.1, 0.15) is 0 Å². The van der Waals surface area contributed by atoms with Crippen LogP contribution in [0, 0.1) is 17.8 Å². The van der Waals surface area contributed by atoms with Crippen molar-refractivity contribution in [1.82, 2.24) is 5.32 Å². The van der Waals surface area contributed by atoms with Crippen molar-refractivity contribution in [3.05, 3.63) is 0 Å². The second-order valence-electron chi connectivity index (χ2n) is 4.64. The summed E-state index contributed by atoms with van der Waals surface area (Å²) in [6.45, 7) is 6.08. The minimum absolute atomic E-state index is 0.167. The van der Waals surface area contributed by atoms with E-state index in [-0.39, 0.29) is 11.8 Å². The Morgan fingerprint density at radius 3 is 2.71 bits per heavy atom. The predicted molar refractivity (Wildman–Crippen MR) is 56.2 cm³/mol. The lowest BCUT2D eigenvalue weighted by atomic mass is 9.83. The Hall–Kier alpha value is -0.570. The van der Waals surface area contributed by atoms with Gasteiger partial charge in [-0.15, -0.1) is 0 Å². The van der Waals surface area contributed by atoms with Crippen LogP contribution < -0.4 is 5.32 Å². The van der Waals surface area contributed by atoms with Crippen molar-refractivity contribution < 1.29 is 9.90 Å². The zero-order chi connectivity index (χ0) is 10.6. The number of rotatable bonds is 4. The van der Waals surface area contributed by atoms with Gasteiger partial charge in [-0.3, -0.25) is 4.79 Å². The molecule has 1 aliphatic rings. The summed E-state index contributed by atoms with van der Waals surface area (Å²) in [5.41, 5.74) is 0. The number of hydrogen-bond acceptors (Lipinski definition) is 2. The number of piperidine rings is 1. The Morgan fingerprint density at radius 1 is 1.57 bits per heavy atom. The molecule has 0 radical (unpaired) electrons. The molecule has 1 saturated heterocycles. The van der Waals surface area contributed by atoms with Crippen LogP contribution in [0.1, 0.15) is 33.1 Å². The molecule has 1 rings (SSSR count). The fourth-order valence-corrected chi connectivity index (χ4v) is 2.14. The van der Waals surface area contributed by atoms with Crippen molar-refractivity contribution in [2.45, 2.75) is 33.1 Å². The van der Waals surface area contributed by atoms with E-state index in [1.807, 2.05) is 13.8 Å². The number of nitrogens with one attached hydrogen (secondary N) is 1. The topological polar surface area (TPSA) is 49.3 Å². The summed E-state index contributed by atoms with van der Waals surface area (Å²) in [7, 11) is 0. The first kappa shape index (κ1) is 11.5. The van der Waals surface area contributed by atoms with Crippen molar-refractivity contribution in [3.63, 3.8) is 0 Å². The minimum Gasteiger partial charge on any atom is -0.481 e. The third-order valence-electron chi connectivity index (χ3n) is 3.11. The zero-order valence-corrected chi connectivity index (χ0v) is 9.12. The number of aliphatic carboxylic acids is 1. The van der Waals surface area contributed by atoms with Crippen LogP contribution in [0.2, 0.25) is 0 Å². The fraction of sp³-hybridized carbons (Fsp3) is 0.909. The molecule has 0 aromatic heterocycles. The summed E-state index contributed by atoms with van der Waals surface area (Å²) in [6, 6.07) is 0. The van der Waals surface area contributed by atoms with E-state index in [4.69, 9.17) is 5.11 Å². The highest BCUT2D eigenvalue weighted by molar-refractivity contribution is 5.70. The molecule has 0 spiro atoms. The molecule has 2 atom stereocenters. The molecule has 82 valence electrons. The number of carbonyl (C=O) groups is 1. The maximum atomic E-state index is 11.0. The van der Waals surface area contributed by atoms with E-state index in [0.717, 1.165) is 19.5 Å². The van der Waals surface area contributed by atoms with Gasteiger partial charge in [0, 0.05) is 0 Å². The molecule has 3 heteroatoms. The number of carboxylic acids is 1. The molecule has 1 heterocycles. The molecule has 1 aliphatic heterocycles. The molecule has 1 fully saturated rings. The zero-order valence-electron chi connectivity index (χ0n) is 9.12. The van der Waals surface area contributed by atoms with Crippen LogP contribution in [0.3, 0.4) is 0 Å². The van der Waals surface area contributed by atoms with E-state index < -0.39 is 5.97 Å². The third kappa shape index (κ3) is 3.29. The molecule has 0 amide bonds. The maximum Gasteiger partial charge on any atom is 0.306 e. The largest absolute Gasteiger partial charge is 0.481 e. The molecule has 3 nitrogen and oxygen atoms in total. The second-order valence-corrected chi connectivity index (χ2v) is 4.64. The van der Waals surface area contributed by atoms with Gasteiger partial charge < -0.3 is 10.4 Å². The summed E-state index contributed by atoms with van der Waals surface area (Å²) < 4.78 is 0. The Kier molecular flexibility index (Phi) is 4.39. The lowest BCUT2D eigenvalue weighted by Gasteiger charge is -2.26. The molecule has 14 heavy (non-hydrogen) atoms. The Morgan fingerprint density at radius 2 is 2.29 bits per heavy atom. The van der Waals surface area contributed by atoms with Gasteiger partial charge in [0.15, 0.2) is 0 Å². The number of carboxylic acid groups (broad SMARTS) is 1. The van der Waals surface area contributed by atoms with Gasteiger partial charge in [0.2, 0.25) is 0 Å². The summed E-state index contributed by atoms with van der Waals surface area (Å²) in [4.78, 5) is 11.0. The van der Waals surface area contributed by atoms with Gasteiger partial charge in [-0.25, -0.2) is 0 Å². The molecule has 0 saturated carbocycles. The quantitative estimate of drug-likeness (QED) is 0.725. The van der Waals surface area contributed by atoms with Gasteiger partial charge in [-0.05, 0) is 44.2 Å². The van der Waals surface area contributed by atoms with E-state index in [9.17, 15) is 4.79 Å². The summed E-state index contributed by atoms with van der Waals surface area (Å²) >= 11 is 0. The smallest absolute Gasteiger partial charge is 0.306 e. The average Bonchev–Trinajstić information content (AvgIpc) is 2.15. The first-order valence-corrected chi connectivity index (χ1v) is 5.54. The van der Waals surface area contributed by atoms with Crippen molar-refractivity contribution in [2.75, 3.05) is 13.1 Å². The van der Waals surface area contributed by atoms with Crippen LogP contribution >= 0.6 is 0 Å². The van der Waals surface area contributed by atoms with E-state index in [1.165, 1.54) is 12.8 Å². The van der Waals surface area contributed by atoms with Crippen molar-refractivity contribution in [3.8, 4) is 0 Å². The molecule has 0 bridgehead atoms. The van der Waals surface area contributed by atoms with Crippen LogP contribution in [-0.4, -0.2) is 24.2 Å². The maximum absolute atomic E-state index is 11.0. The number of hydrogen-bond donors (Lipinski definition) is 2. The summed E-state index contributed by atoms with van der Waals surface area (Å²) in [6.07, 6.45) is 3.21. The summed E-state index contributed by atoms with van der Waals surface area (Å²) in [5.74, 6) is 0.00662. The highest BCUT2D eigenvalue weighted by Crippen LogP contribution is 2.24. The highest BCUT2D eigenvalue weighted by Gasteiger charge is 2.26. The van der Waals surface area contributed by atoms with Crippen LogP contribution in [-0.2, 0) is 4.79 Å². The fourth-order valence-electron chi connectivity index (χ4n) is 2.14. The van der Waals surface area contributed by atoms with Crippen LogP contribution in [0.5, 0.6) is 0 Å². The van der Waals surface area contributed by atoms with Gasteiger partial charge in [-0.1, -0.05) is 13.8 Å². The van der Waals surface area contributed by atoms with E-state index in [2.05, 4.69) is 5.32 Å². The molecular weight excluding hydrogens is 178 g/mol. The lowest BCUT2D eigenvalue weighted by Crippen LogP contribution is -2.33. The van der Waals surface area contributed by atoms with Gasteiger partial charge in [0.05, 0.1) is 5.92 Å². The lowest BCUT2D eigenvalue weighted by molar-refractivity contribution is -0.144. The van der Waals surface area contributed by atoms with Gasteiger partial charge in [-0.2, -0.15) is 0 Å². The van der Waals surface area contributed by atoms with Crippen LogP contribution in [0.15, 0.2) is 0 Å². The van der Waals surface area contributed by atoms with E-state index >= 15 is 0 Å². The van der Waals surface area contributed by atoms with Gasteiger partial charge >= 0.3 is 5.97 Å². The van der Waals surface area contributed by atoms with E-state index in [0.29, 0.717) is 5.92 Å². The molecule has 0 aliphatic carbocycles. The average molecular weight is 199 g/mol. The normalized spacial score (nSPS) is 24.9. The molecule has 2 N–H and O–H groups in total.